The van der Waals surface area contributed by atoms with E-state index in [4.69, 9.17) is 0 Å². The summed E-state index contributed by atoms with van der Waals surface area (Å²) in [4.78, 5) is 13.6. The molecule has 1 aliphatic rings. The van der Waals surface area contributed by atoms with Crippen molar-refractivity contribution in [3.8, 4) is 11.4 Å². The van der Waals surface area contributed by atoms with Crippen LogP contribution in [0.4, 0.5) is 4.39 Å². The lowest BCUT2D eigenvalue weighted by Gasteiger charge is -2.26. The maximum Gasteiger partial charge on any atom is 0.244 e. The van der Waals surface area contributed by atoms with Crippen LogP contribution in [0.25, 0.3) is 11.4 Å². The molecule has 0 saturated carbocycles. The summed E-state index contributed by atoms with van der Waals surface area (Å²) in [6, 6.07) is 14.2. The molecule has 1 heterocycles. The fourth-order valence-electron chi connectivity index (χ4n) is 3.33. The van der Waals surface area contributed by atoms with Crippen molar-refractivity contribution >= 4 is 5.91 Å². The molecule has 2 aromatic carbocycles. The van der Waals surface area contributed by atoms with E-state index in [2.05, 4.69) is 32.9 Å². The number of fused-ring (bicyclic) bond motifs is 1. The van der Waals surface area contributed by atoms with Crippen molar-refractivity contribution in [1.29, 1.82) is 0 Å². The number of rotatable bonds is 4. The molecule has 1 atom stereocenters. The number of halogens is 1. The highest BCUT2D eigenvalue weighted by Crippen LogP contribution is 2.29. The molecule has 7 heteroatoms. The number of nitrogens with one attached hydrogen (secondary N) is 1. The first-order valence-electron chi connectivity index (χ1n) is 8.60. The van der Waals surface area contributed by atoms with Crippen molar-refractivity contribution < 1.29 is 9.18 Å². The molecule has 0 unspecified atom stereocenters. The number of hydrogen-bond donors (Lipinski definition) is 1. The highest BCUT2D eigenvalue weighted by Gasteiger charge is 2.21. The Balaban J connectivity index is 1.43. The van der Waals surface area contributed by atoms with Gasteiger partial charge >= 0.3 is 0 Å². The molecule has 6 nitrogen and oxygen atoms in total. The number of aryl methyl sites for hydroxylation is 1. The number of hydrogen-bond acceptors (Lipinski definition) is 4. The molecule has 1 aliphatic carbocycles. The summed E-state index contributed by atoms with van der Waals surface area (Å²) < 4.78 is 13.3. The lowest BCUT2D eigenvalue weighted by Crippen LogP contribution is -2.34. The van der Waals surface area contributed by atoms with Gasteiger partial charge in [-0.05, 0) is 47.7 Å². The van der Waals surface area contributed by atoms with Gasteiger partial charge in [-0.15, -0.1) is 10.2 Å². The molecule has 0 fully saturated rings. The fraction of sp³-hybridized carbons (Fsp3) is 0.263. The second kappa shape index (κ2) is 7.03. The van der Waals surface area contributed by atoms with Crippen LogP contribution in [-0.4, -0.2) is 26.1 Å². The van der Waals surface area contributed by atoms with Gasteiger partial charge in [0.05, 0.1) is 6.04 Å². The molecular weight excluding hydrogens is 333 g/mol. The predicted molar refractivity (Wildman–Crippen MR) is 93.5 cm³/mol. The van der Waals surface area contributed by atoms with Crippen molar-refractivity contribution in [3.63, 3.8) is 0 Å². The maximum absolute atomic E-state index is 13.3. The molecule has 3 aromatic rings. The van der Waals surface area contributed by atoms with Gasteiger partial charge in [-0.3, -0.25) is 4.79 Å². The Labute approximate surface area is 150 Å². The lowest BCUT2D eigenvalue weighted by atomic mass is 9.88. The highest BCUT2D eigenvalue weighted by molar-refractivity contribution is 5.76. The first-order chi connectivity index (χ1) is 12.7. The zero-order valence-corrected chi connectivity index (χ0v) is 14.1. The number of tetrazole rings is 1. The van der Waals surface area contributed by atoms with Crippen molar-refractivity contribution in [2.24, 2.45) is 0 Å². The Morgan fingerprint density at radius 2 is 2.12 bits per heavy atom. The Morgan fingerprint density at radius 3 is 3.00 bits per heavy atom. The predicted octanol–water partition coefficient (Wildman–Crippen LogP) is 2.67. The van der Waals surface area contributed by atoms with E-state index >= 15 is 0 Å². The summed E-state index contributed by atoms with van der Waals surface area (Å²) in [6.07, 6.45) is 3.01. The molecule has 0 saturated heterocycles. The summed E-state index contributed by atoms with van der Waals surface area (Å²) in [7, 11) is 0. The molecular formula is C19H18FN5O. The first-order valence-corrected chi connectivity index (χ1v) is 8.60. The molecule has 1 aromatic heterocycles. The monoisotopic (exact) mass is 351 g/mol. The normalized spacial score (nSPS) is 16.1. The second-order valence-electron chi connectivity index (χ2n) is 6.36. The molecule has 0 spiro atoms. The lowest BCUT2D eigenvalue weighted by molar-refractivity contribution is -0.122. The van der Waals surface area contributed by atoms with Gasteiger partial charge in [0, 0.05) is 5.56 Å². The van der Waals surface area contributed by atoms with Crippen molar-refractivity contribution in [3.05, 3.63) is 65.5 Å². The standard InChI is InChI=1S/C19H18FN5O/c20-15-8-3-7-14(11-15)19-22-24-25(23-19)12-18(26)21-17-10-4-6-13-5-1-2-9-16(13)17/h1-3,5,7-9,11,17H,4,6,10,12H2,(H,21,26)/t17-/m0/s1. The van der Waals surface area contributed by atoms with Gasteiger partial charge < -0.3 is 5.32 Å². The van der Waals surface area contributed by atoms with Gasteiger partial charge in [0.25, 0.3) is 0 Å². The van der Waals surface area contributed by atoms with E-state index in [1.165, 1.54) is 28.1 Å². The summed E-state index contributed by atoms with van der Waals surface area (Å²) in [6.45, 7) is -0.0268. The second-order valence-corrected chi connectivity index (χ2v) is 6.36. The smallest absolute Gasteiger partial charge is 0.244 e. The third-order valence-corrected chi connectivity index (χ3v) is 4.53. The quantitative estimate of drug-likeness (QED) is 0.784. The van der Waals surface area contributed by atoms with Gasteiger partial charge in [-0.2, -0.15) is 4.80 Å². The number of carbonyl (C=O) groups is 1. The molecule has 1 amide bonds. The average Bonchev–Trinajstić information content (AvgIpc) is 3.10. The third-order valence-electron chi connectivity index (χ3n) is 4.53. The topological polar surface area (TPSA) is 72.7 Å². The van der Waals surface area contributed by atoms with Gasteiger partial charge in [0.2, 0.25) is 11.7 Å². The highest BCUT2D eigenvalue weighted by atomic mass is 19.1. The largest absolute Gasteiger partial charge is 0.348 e. The van der Waals surface area contributed by atoms with Gasteiger partial charge in [-0.1, -0.05) is 36.4 Å². The van der Waals surface area contributed by atoms with Gasteiger partial charge in [-0.25, -0.2) is 4.39 Å². The molecule has 0 aliphatic heterocycles. The van der Waals surface area contributed by atoms with E-state index in [9.17, 15) is 9.18 Å². The molecule has 4 rings (SSSR count). The fourth-order valence-corrected chi connectivity index (χ4v) is 3.33. The van der Waals surface area contributed by atoms with Crippen LogP contribution in [0.3, 0.4) is 0 Å². The Morgan fingerprint density at radius 1 is 1.23 bits per heavy atom. The molecule has 1 N–H and O–H groups in total. The minimum atomic E-state index is -0.368. The van der Waals surface area contributed by atoms with E-state index in [0.717, 1.165) is 19.3 Å². The van der Waals surface area contributed by atoms with Gasteiger partial charge in [0.15, 0.2) is 0 Å². The van der Waals surface area contributed by atoms with E-state index < -0.39 is 0 Å². The zero-order valence-electron chi connectivity index (χ0n) is 14.1. The molecule has 26 heavy (non-hydrogen) atoms. The van der Waals surface area contributed by atoms with Gasteiger partial charge in [0.1, 0.15) is 12.4 Å². The number of nitrogens with zero attached hydrogens (tertiary/aromatic N) is 4. The van der Waals surface area contributed by atoms with E-state index in [-0.39, 0.29) is 24.3 Å². The molecule has 0 bridgehead atoms. The van der Waals surface area contributed by atoms with Crippen molar-refractivity contribution in [2.75, 3.05) is 0 Å². The van der Waals surface area contributed by atoms with E-state index in [1.54, 1.807) is 12.1 Å². The number of benzene rings is 2. The van der Waals surface area contributed by atoms with Crippen LogP contribution < -0.4 is 5.32 Å². The summed E-state index contributed by atoms with van der Waals surface area (Å²) in [5, 5.41) is 15.0. The van der Waals surface area contributed by atoms with Crippen LogP contribution >= 0.6 is 0 Å². The molecule has 132 valence electrons. The zero-order chi connectivity index (χ0) is 17.9. The molecule has 0 radical (unpaired) electrons. The van der Waals surface area contributed by atoms with E-state index in [0.29, 0.717) is 11.4 Å². The summed E-state index contributed by atoms with van der Waals surface area (Å²) in [5.74, 6) is -0.247. The summed E-state index contributed by atoms with van der Waals surface area (Å²) in [5.41, 5.74) is 2.99. The van der Waals surface area contributed by atoms with E-state index in [1.807, 2.05) is 12.1 Å². The summed E-state index contributed by atoms with van der Waals surface area (Å²) >= 11 is 0. The Bertz CT molecular complexity index is 939. The Hall–Kier alpha value is -3.09. The maximum atomic E-state index is 13.3. The van der Waals surface area contributed by atoms with Crippen LogP contribution in [0, 0.1) is 5.82 Å². The van der Waals surface area contributed by atoms with Crippen LogP contribution in [0.1, 0.15) is 30.0 Å². The number of aromatic nitrogens is 4. The number of carbonyl (C=O) groups excluding carboxylic acids is 1. The van der Waals surface area contributed by atoms with Crippen LogP contribution in [0.2, 0.25) is 0 Å². The third kappa shape index (κ3) is 3.46. The van der Waals surface area contributed by atoms with Crippen LogP contribution in [0.5, 0.6) is 0 Å². The average molecular weight is 351 g/mol. The van der Waals surface area contributed by atoms with Crippen molar-refractivity contribution in [1.82, 2.24) is 25.5 Å². The first kappa shape index (κ1) is 16.4. The Kier molecular flexibility index (Phi) is 4.43. The van der Waals surface area contributed by atoms with Crippen LogP contribution in [0.15, 0.2) is 48.5 Å². The SMILES string of the molecule is O=C(Cn1nnc(-c2cccc(F)c2)n1)N[C@H]1CCCc2ccccc21. The van der Waals surface area contributed by atoms with Crippen molar-refractivity contribution in [2.45, 2.75) is 31.8 Å². The minimum absolute atomic E-state index is 0.0126. The van der Waals surface area contributed by atoms with Crippen LogP contribution in [-0.2, 0) is 17.8 Å². The minimum Gasteiger partial charge on any atom is -0.348 e. The number of amides is 1.